The van der Waals surface area contributed by atoms with E-state index in [1.165, 1.54) is 5.39 Å². The van der Waals surface area contributed by atoms with E-state index < -0.39 is 0 Å². The molecule has 17 heavy (non-hydrogen) atoms. The number of nitriles is 1. The van der Waals surface area contributed by atoms with Gasteiger partial charge in [-0.1, -0.05) is 30.3 Å². The molecule has 84 valence electrons. The van der Waals surface area contributed by atoms with Crippen LogP contribution < -0.4 is 10.1 Å². The summed E-state index contributed by atoms with van der Waals surface area (Å²) in [6, 6.07) is 14.5. The van der Waals surface area contributed by atoms with E-state index in [9.17, 15) is 0 Å². The van der Waals surface area contributed by atoms with Crippen LogP contribution in [0, 0.1) is 11.3 Å². The Hall–Kier alpha value is -2.21. The van der Waals surface area contributed by atoms with Crippen LogP contribution in [-0.4, -0.2) is 12.6 Å². The lowest BCUT2D eigenvalue weighted by Gasteiger charge is -2.27. The summed E-state index contributed by atoms with van der Waals surface area (Å²) in [5.74, 6) is 0.900. The average Bonchev–Trinajstić information content (AvgIpc) is 2.39. The van der Waals surface area contributed by atoms with Gasteiger partial charge in [-0.25, -0.2) is 0 Å². The van der Waals surface area contributed by atoms with Crippen LogP contribution in [0.4, 0.5) is 5.69 Å². The van der Waals surface area contributed by atoms with Gasteiger partial charge >= 0.3 is 0 Å². The Labute approximate surface area is 99.6 Å². The summed E-state index contributed by atoms with van der Waals surface area (Å²) in [5, 5.41) is 14.3. The second-order valence-corrected chi connectivity index (χ2v) is 4.18. The van der Waals surface area contributed by atoms with Gasteiger partial charge in [0.2, 0.25) is 0 Å². The quantitative estimate of drug-likeness (QED) is 0.810. The number of nitrogens with one attached hydrogen (secondary N) is 1. The van der Waals surface area contributed by atoms with E-state index in [2.05, 4.69) is 29.6 Å². The maximum atomic E-state index is 8.69. The highest BCUT2D eigenvalue weighted by Crippen LogP contribution is 2.36. The van der Waals surface area contributed by atoms with E-state index in [1.807, 2.05) is 18.2 Å². The normalized spacial score (nSPS) is 17.7. The fraction of sp³-hybridized carbons (Fsp3) is 0.214. The van der Waals surface area contributed by atoms with E-state index in [1.54, 1.807) is 0 Å². The summed E-state index contributed by atoms with van der Waals surface area (Å²) < 4.78 is 5.79. The highest BCUT2D eigenvalue weighted by molar-refractivity contribution is 5.93. The summed E-state index contributed by atoms with van der Waals surface area (Å²) in [6.45, 7) is 0.550. The molecule has 3 heteroatoms. The van der Waals surface area contributed by atoms with Gasteiger partial charge in [0.1, 0.15) is 12.4 Å². The van der Waals surface area contributed by atoms with Crippen molar-refractivity contribution in [2.24, 2.45) is 0 Å². The molecule has 0 bridgehead atoms. The van der Waals surface area contributed by atoms with Gasteiger partial charge in [0.15, 0.2) is 0 Å². The summed E-state index contributed by atoms with van der Waals surface area (Å²) in [6.07, 6.45) is 0.465. The third kappa shape index (κ3) is 1.68. The smallest absolute Gasteiger partial charge is 0.150 e. The van der Waals surface area contributed by atoms with Crippen molar-refractivity contribution in [3.63, 3.8) is 0 Å². The Kier molecular flexibility index (Phi) is 2.34. The fourth-order valence-electron chi connectivity index (χ4n) is 2.18. The molecule has 0 saturated carbocycles. The second kappa shape index (κ2) is 3.99. The number of fused-ring (bicyclic) bond motifs is 3. The molecule has 3 rings (SSSR count). The highest BCUT2D eigenvalue weighted by atomic mass is 16.5. The average molecular weight is 224 g/mol. The van der Waals surface area contributed by atoms with Crippen LogP contribution in [-0.2, 0) is 0 Å². The van der Waals surface area contributed by atoms with Crippen LogP contribution >= 0.6 is 0 Å². The lowest BCUT2D eigenvalue weighted by atomic mass is 10.1. The Bertz CT molecular complexity index is 601. The monoisotopic (exact) mass is 224 g/mol. The third-order valence-electron chi connectivity index (χ3n) is 3.01. The molecule has 0 aromatic heterocycles. The van der Waals surface area contributed by atoms with Crippen molar-refractivity contribution in [1.82, 2.24) is 0 Å². The third-order valence-corrected chi connectivity index (χ3v) is 3.01. The summed E-state index contributed by atoms with van der Waals surface area (Å²) >= 11 is 0. The first-order valence-corrected chi connectivity index (χ1v) is 5.66. The van der Waals surface area contributed by atoms with Gasteiger partial charge in [-0.05, 0) is 11.5 Å². The molecule has 3 nitrogen and oxygen atoms in total. The second-order valence-electron chi connectivity index (χ2n) is 4.18. The van der Waals surface area contributed by atoms with Gasteiger partial charge in [-0.2, -0.15) is 5.26 Å². The molecule has 2 aromatic carbocycles. The molecule has 0 aliphatic carbocycles. The van der Waals surface area contributed by atoms with Crippen molar-refractivity contribution in [2.75, 3.05) is 11.9 Å². The number of rotatable bonds is 1. The highest BCUT2D eigenvalue weighted by Gasteiger charge is 2.20. The van der Waals surface area contributed by atoms with E-state index >= 15 is 0 Å². The molecule has 1 atom stereocenters. The minimum atomic E-state index is 0.0914. The Morgan fingerprint density at radius 1 is 1.29 bits per heavy atom. The van der Waals surface area contributed by atoms with E-state index in [0.717, 1.165) is 16.8 Å². The zero-order valence-electron chi connectivity index (χ0n) is 9.31. The molecule has 0 amide bonds. The lowest BCUT2D eigenvalue weighted by Crippen LogP contribution is -2.30. The van der Waals surface area contributed by atoms with Gasteiger partial charge in [-0.15, -0.1) is 0 Å². The summed E-state index contributed by atoms with van der Waals surface area (Å²) in [4.78, 5) is 0. The van der Waals surface area contributed by atoms with Gasteiger partial charge in [-0.3, -0.25) is 0 Å². The van der Waals surface area contributed by atoms with E-state index in [-0.39, 0.29) is 6.04 Å². The molecule has 0 radical (unpaired) electrons. The van der Waals surface area contributed by atoms with Gasteiger partial charge < -0.3 is 10.1 Å². The van der Waals surface area contributed by atoms with Crippen molar-refractivity contribution in [2.45, 2.75) is 12.5 Å². The number of hydrogen-bond donors (Lipinski definition) is 1. The van der Waals surface area contributed by atoms with Crippen LogP contribution in [0.15, 0.2) is 36.4 Å². The molecule has 1 N–H and O–H groups in total. The fourth-order valence-corrected chi connectivity index (χ4v) is 2.18. The van der Waals surface area contributed by atoms with Gasteiger partial charge in [0.25, 0.3) is 0 Å². The molecular weight excluding hydrogens is 212 g/mol. The Morgan fingerprint density at radius 3 is 3.06 bits per heavy atom. The van der Waals surface area contributed by atoms with Gasteiger partial charge in [0, 0.05) is 5.39 Å². The first-order chi connectivity index (χ1) is 8.38. The molecule has 0 saturated heterocycles. The zero-order chi connectivity index (χ0) is 11.7. The van der Waals surface area contributed by atoms with Crippen molar-refractivity contribution >= 4 is 16.5 Å². The number of ether oxygens (including phenoxy) is 1. The molecule has 1 heterocycles. The molecular formula is C14H12N2O. The van der Waals surface area contributed by atoms with Crippen LogP contribution in [0.1, 0.15) is 6.42 Å². The predicted molar refractivity (Wildman–Crippen MR) is 67.1 cm³/mol. The zero-order valence-corrected chi connectivity index (χ0v) is 9.31. The first-order valence-electron chi connectivity index (χ1n) is 5.66. The predicted octanol–water partition coefficient (Wildman–Crippen LogP) is 2.93. The maximum absolute atomic E-state index is 8.69. The largest absolute Gasteiger partial charge is 0.489 e. The van der Waals surface area contributed by atoms with Crippen LogP contribution in [0.2, 0.25) is 0 Å². The van der Waals surface area contributed by atoms with Crippen LogP contribution in [0.25, 0.3) is 10.8 Å². The number of hydrogen-bond acceptors (Lipinski definition) is 3. The molecule has 1 aliphatic rings. The number of benzene rings is 2. The van der Waals surface area contributed by atoms with Crippen molar-refractivity contribution < 1.29 is 4.74 Å². The number of anilines is 1. The molecule has 0 spiro atoms. The Balaban J connectivity index is 2.06. The van der Waals surface area contributed by atoms with Crippen LogP contribution in [0.3, 0.4) is 0 Å². The Morgan fingerprint density at radius 2 is 2.18 bits per heavy atom. The van der Waals surface area contributed by atoms with Crippen molar-refractivity contribution in [3.05, 3.63) is 36.4 Å². The minimum absolute atomic E-state index is 0.0914. The van der Waals surface area contributed by atoms with Crippen molar-refractivity contribution in [3.8, 4) is 11.8 Å². The van der Waals surface area contributed by atoms with E-state index in [4.69, 9.17) is 10.00 Å². The molecule has 1 unspecified atom stereocenters. The summed E-state index contributed by atoms with van der Waals surface area (Å²) in [7, 11) is 0. The molecule has 0 fully saturated rings. The standard InChI is InChI=1S/C14H12N2O/c15-8-7-11-9-17-14-12-4-2-1-3-10(12)5-6-13(14)16-11/h1-6,11,16H,7,9H2. The maximum Gasteiger partial charge on any atom is 0.150 e. The topological polar surface area (TPSA) is 45.0 Å². The number of nitrogens with zero attached hydrogens (tertiary/aromatic N) is 1. The lowest BCUT2D eigenvalue weighted by molar-refractivity contribution is 0.289. The van der Waals surface area contributed by atoms with Crippen molar-refractivity contribution in [1.29, 1.82) is 5.26 Å². The molecule has 1 aliphatic heterocycles. The van der Waals surface area contributed by atoms with Gasteiger partial charge in [0.05, 0.1) is 24.2 Å². The SMILES string of the molecule is N#CCC1COc2c(ccc3ccccc23)N1. The van der Waals surface area contributed by atoms with Crippen LogP contribution in [0.5, 0.6) is 5.75 Å². The summed E-state index contributed by atoms with van der Waals surface area (Å²) in [5.41, 5.74) is 0.982. The van der Waals surface area contributed by atoms with E-state index in [0.29, 0.717) is 13.0 Å². The molecule has 2 aromatic rings. The first kappa shape index (κ1) is 9.98. The minimum Gasteiger partial charge on any atom is -0.489 e.